The second-order valence-electron chi connectivity index (χ2n) is 12.1. The molecule has 0 aromatic heterocycles. The summed E-state index contributed by atoms with van der Waals surface area (Å²) in [7, 11) is 0. The molecular weight excluding hydrogens is 507 g/mol. The van der Waals surface area contributed by atoms with E-state index in [0.29, 0.717) is 23.9 Å². The van der Waals surface area contributed by atoms with Gasteiger partial charge >= 0.3 is 12.3 Å². The summed E-state index contributed by atoms with van der Waals surface area (Å²) in [6, 6.07) is 11.4. The number of fused-ring (bicyclic) bond motifs is 1. The lowest BCUT2D eigenvalue weighted by atomic mass is 9.80. The summed E-state index contributed by atoms with van der Waals surface area (Å²) >= 11 is 0. The largest absolute Gasteiger partial charge is 0.573 e. The number of carboxylic acid groups (broad SMARTS) is 1. The summed E-state index contributed by atoms with van der Waals surface area (Å²) in [5, 5.41) is 9.68. The van der Waals surface area contributed by atoms with Gasteiger partial charge in [-0.05, 0) is 97.9 Å². The molecule has 4 aliphatic rings. The van der Waals surface area contributed by atoms with E-state index in [1.54, 1.807) is 13.0 Å². The Labute approximate surface area is 227 Å². The molecule has 210 valence electrons. The molecular formula is C31H36F3NO4. The van der Waals surface area contributed by atoms with E-state index >= 15 is 0 Å². The van der Waals surface area contributed by atoms with Crippen molar-refractivity contribution in [2.45, 2.75) is 88.6 Å². The number of benzene rings is 2. The number of halogens is 3. The normalized spacial score (nSPS) is 22.6. The van der Waals surface area contributed by atoms with Crippen LogP contribution in [0.2, 0.25) is 0 Å². The number of hydrogen-bond acceptors (Lipinski definition) is 4. The zero-order chi connectivity index (χ0) is 27.4. The molecule has 0 bridgehead atoms. The van der Waals surface area contributed by atoms with Gasteiger partial charge in [0.2, 0.25) is 0 Å². The van der Waals surface area contributed by atoms with Crippen LogP contribution in [0, 0.1) is 11.8 Å². The van der Waals surface area contributed by atoms with E-state index in [2.05, 4.69) is 27.8 Å². The highest BCUT2D eigenvalue weighted by Crippen LogP contribution is 2.49. The highest BCUT2D eigenvalue weighted by atomic mass is 19.4. The first kappa shape index (κ1) is 26.5. The minimum absolute atomic E-state index is 0.00404. The number of carboxylic acids is 1. The Hall–Kier alpha value is -2.74. The molecule has 0 amide bonds. The monoisotopic (exact) mass is 543 g/mol. The van der Waals surface area contributed by atoms with Crippen molar-refractivity contribution in [3.63, 3.8) is 0 Å². The maximum atomic E-state index is 13.1. The first-order chi connectivity index (χ1) is 18.6. The molecule has 2 aromatic carbocycles. The molecule has 2 aromatic rings. The zero-order valence-corrected chi connectivity index (χ0v) is 22.3. The lowest BCUT2D eigenvalue weighted by Crippen LogP contribution is -2.49. The molecule has 1 spiro atoms. The fourth-order valence-corrected chi connectivity index (χ4v) is 6.63. The van der Waals surface area contributed by atoms with Gasteiger partial charge in [-0.2, -0.15) is 0 Å². The molecule has 2 unspecified atom stereocenters. The average Bonchev–Trinajstić information content (AvgIpc) is 3.80. The van der Waals surface area contributed by atoms with E-state index < -0.39 is 18.2 Å². The average molecular weight is 544 g/mol. The van der Waals surface area contributed by atoms with Crippen molar-refractivity contribution in [1.29, 1.82) is 0 Å². The van der Waals surface area contributed by atoms with E-state index in [0.717, 1.165) is 86.9 Å². The number of rotatable bonds is 8. The van der Waals surface area contributed by atoms with Gasteiger partial charge in [0.25, 0.3) is 0 Å². The Kier molecular flexibility index (Phi) is 6.81. The van der Waals surface area contributed by atoms with Gasteiger partial charge in [-0.25, -0.2) is 0 Å². The molecule has 3 fully saturated rings. The fraction of sp³-hybridized carbons (Fsp3) is 0.581. The van der Waals surface area contributed by atoms with Gasteiger partial charge in [0, 0.05) is 25.2 Å². The summed E-state index contributed by atoms with van der Waals surface area (Å²) in [4.78, 5) is 14.0. The highest BCUT2D eigenvalue weighted by molar-refractivity contribution is 5.71. The summed E-state index contributed by atoms with van der Waals surface area (Å²) in [6.45, 7) is 3.68. The van der Waals surface area contributed by atoms with E-state index in [1.165, 1.54) is 6.07 Å². The molecule has 2 saturated carbocycles. The Morgan fingerprint density at radius 1 is 1.10 bits per heavy atom. The van der Waals surface area contributed by atoms with E-state index in [9.17, 15) is 23.1 Å². The number of alkyl halides is 3. The van der Waals surface area contributed by atoms with Crippen LogP contribution in [-0.2, 0) is 17.8 Å². The van der Waals surface area contributed by atoms with Crippen LogP contribution < -0.4 is 9.47 Å². The summed E-state index contributed by atoms with van der Waals surface area (Å²) in [5.74, 6) is 0.417. The summed E-state index contributed by atoms with van der Waals surface area (Å²) in [5.41, 5.74) is 3.60. The van der Waals surface area contributed by atoms with Crippen molar-refractivity contribution in [2.75, 3.05) is 13.1 Å². The fourth-order valence-electron chi connectivity index (χ4n) is 6.63. The van der Waals surface area contributed by atoms with Crippen molar-refractivity contribution in [3.8, 4) is 11.5 Å². The van der Waals surface area contributed by atoms with Gasteiger partial charge in [0.15, 0.2) is 0 Å². The van der Waals surface area contributed by atoms with Crippen molar-refractivity contribution in [2.24, 2.45) is 11.8 Å². The lowest BCUT2D eigenvalue weighted by molar-refractivity contribution is -0.275. The number of likely N-dealkylation sites (tertiary alicyclic amines) is 1. The summed E-state index contributed by atoms with van der Waals surface area (Å²) < 4.78 is 50.2. The van der Waals surface area contributed by atoms with Gasteiger partial charge < -0.3 is 14.6 Å². The Morgan fingerprint density at radius 3 is 2.49 bits per heavy atom. The highest BCUT2D eigenvalue weighted by Gasteiger charge is 2.42. The quantitative estimate of drug-likeness (QED) is 0.387. The molecule has 0 radical (unpaired) electrons. The first-order valence-electron chi connectivity index (χ1n) is 14.2. The zero-order valence-electron chi connectivity index (χ0n) is 22.3. The predicted octanol–water partition coefficient (Wildman–Crippen LogP) is 7.04. The second kappa shape index (κ2) is 10.0. The van der Waals surface area contributed by atoms with E-state index in [-0.39, 0.29) is 17.3 Å². The molecule has 1 saturated heterocycles. The van der Waals surface area contributed by atoms with Crippen LogP contribution in [0.3, 0.4) is 0 Å². The number of aliphatic carboxylic acids is 1. The SMILES string of the molecule is CC(C(=O)O)C(c1ccc2c(c1)OC1(CC2)CCN(Cc2cc(C3CC3)ccc2OC(F)(F)F)CC1)C1CC1. The van der Waals surface area contributed by atoms with Crippen molar-refractivity contribution in [3.05, 3.63) is 58.7 Å². The topological polar surface area (TPSA) is 59.0 Å². The molecule has 6 rings (SSSR count). The number of aryl methyl sites for hydroxylation is 1. The minimum atomic E-state index is -4.72. The Balaban J connectivity index is 1.14. The van der Waals surface area contributed by atoms with Crippen LogP contribution in [0.1, 0.15) is 86.0 Å². The van der Waals surface area contributed by atoms with Crippen LogP contribution in [0.4, 0.5) is 13.2 Å². The third-order valence-corrected chi connectivity index (χ3v) is 9.23. The molecule has 2 aliphatic heterocycles. The molecule has 2 aliphatic carbocycles. The molecule has 1 N–H and O–H groups in total. The van der Waals surface area contributed by atoms with Crippen LogP contribution in [-0.4, -0.2) is 41.0 Å². The molecule has 5 nitrogen and oxygen atoms in total. The number of carbonyl (C=O) groups is 1. The number of piperidine rings is 1. The van der Waals surface area contributed by atoms with Crippen LogP contribution in [0.25, 0.3) is 0 Å². The lowest BCUT2D eigenvalue weighted by Gasteiger charge is -2.45. The maximum absolute atomic E-state index is 13.1. The van der Waals surface area contributed by atoms with Crippen molar-refractivity contribution >= 4 is 5.97 Å². The van der Waals surface area contributed by atoms with Gasteiger partial charge in [-0.1, -0.05) is 31.2 Å². The molecule has 39 heavy (non-hydrogen) atoms. The van der Waals surface area contributed by atoms with Crippen molar-refractivity contribution < 1.29 is 32.5 Å². The van der Waals surface area contributed by atoms with E-state index in [1.807, 2.05) is 6.07 Å². The molecule has 2 heterocycles. The van der Waals surface area contributed by atoms with Gasteiger partial charge in [0.05, 0.1) is 5.92 Å². The number of ether oxygens (including phenoxy) is 2. The maximum Gasteiger partial charge on any atom is 0.573 e. The van der Waals surface area contributed by atoms with Gasteiger partial charge in [0.1, 0.15) is 17.1 Å². The van der Waals surface area contributed by atoms with E-state index in [4.69, 9.17) is 4.74 Å². The number of nitrogens with zero attached hydrogens (tertiary/aromatic N) is 1. The first-order valence-corrected chi connectivity index (χ1v) is 14.2. The molecule has 8 heteroatoms. The third kappa shape index (κ3) is 5.91. The Bertz CT molecular complexity index is 1230. The second-order valence-corrected chi connectivity index (χ2v) is 12.1. The van der Waals surface area contributed by atoms with Crippen LogP contribution in [0.5, 0.6) is 11.5 Å². The smallest absolute Gasteiger partial charge is 0.487 e. The standard InChI is InChI=1S/C31H36F3NO4/c1-19(29(36)37)28(22-5-6-22)24-7-4-21-10-11-30(38-27(21)17-24)12-14-35(15-13-30)18-25-16-23(20-2-3-20)8-9-26(25)39-31(32,33)34/h4,7-9,16-17,19-20,22,28H,2-3,5-6,10-15,18H2,1H3,(H,36,37). The van der Waals surface area contributed by atoms with Crippen molar-refractivity contribution in [1.82, 2.24) is 4.90 Å². The minimum Gasteiger partial charge on any atom is -0.487 e. The van der Waals surface area contributed by atoms with Gasteiger partial charge in [-0.15, -0.1) is 13.2 Å². The summed E-state index contributed by atoms with van der Waals surface area (Å²) in [6.07, 6.45) is 3.00. The molecule has 2 atom stereocenters. The van der Waals surface area contributed by atoms with Gasteiger partial charge in [-0.3, -0.25) is 9.69 Å². The van der Waals surface area contributed by atoms with Crippen LogP contribution >= 0.6 is 0 Å². The number of hydrogen-bond donors (Lipinski definition) is 1. The Morgan fingerprint density at radius 2 is 1.85 bits per heavy atom. The predicted molar refractivity (Wildman–Crippen MR) is 140 cm³/mol. The third-order valence-electron chi connectivity index (χ3n) is 9.23. The van der Waals surface area contributed by atoms with Crippen LogP contribution in [0.15, 0.2) is 36.4 Å².